The molecule has 0 saturated carbocycles. The summed E-state index contributed by atoms with van der Waals surface area (Å²) in [5, 5.41) is 9.55. The van der Waals surface area contributed by atoms with Gasteiger partial charge in [0.05, 0.1) is 6.61 Å². The predicted molar refractivity (Wildman–Crippen MR) is 114 cm³/mol. The second-order valence-electron chi connectivity index (χ2n) is 4.17. The Balaban J connectivity index is 5.22. The lowest BCUT2D eigenvalue weighted by molar-refractivity contribution is 0.282. The van der Waals surface area contributed by atoms with Crippen LogP contribution in [0, 0.1) is 0 Å². The van der Waals surface area contributed by atoms with Crippen molar-refractivity contribution in [1.82, 2.24) is 0 Å². The maximum Gasteiger partial charge on any atom is 0.135 e. The smallest absolute Gasteiger partial charge is 0.135 e. The summed E-state index contributed by atoms with van der Waals surface area (Å²) >= 11 is 29.1. The molecule has 116 valence electrons. The molecule has 0 aromatic heterocycles. The van der Waals surface area contributed by atoms with Crippen molar-refractivity contribution in [1.29, 1.82) is 0 Å². The van der Waals surface area contributed by atoms with Crippen LogP contribution in [0.4, 0.5) is 0 Å². The van der Waals surface area contributed by atoms with Gasteiger partial charge in [0, 0.05) is 0 Å². The zero-order valence-corrected chi connectivity index (χ0v) is 22.7. The first-order chi connectivity index (χ1) is 8.37. The Morgan fingerprint density at radius 3 is 1.53 bits per heavy atom. The van der Waals surface area contributed by atoms with Gasteiger partial charge in [0.25, 0.3) is 0 Å². The van der Waals surface area contributed by atoms with E-state index < -0.39 is 12.9 Å². The number of unbranched alkanes of at least 4 members (excludes halogenated alkanes) is 2. The van der Waals surface area contributed by atoms with E-state index in [1.165, 1.54) is 12.8 Å². The Kier molecular flexibility index (Phi) is 10.5. The molecule has 0 aromatic rings. The van der Waals surface area contributed by atoms with Gasteiger partial charge in [-0.25, -0.2) is 0 Å². The molecule has 0 radical (unpaired) electrons. The number of hydrogen-bond acceptors (Lipinski definition) is 1. The lowest BCUT2D eigenvalue weighted by atomic mass is 10.1. The average molecular weight is 789 g/mol. The van der Waals surface area contributed by atoms with Crippen molar-refractivity contribution in [2.45, 2.75) is 45.5 Å². The highest BCUT2D eigenvalue weighted by Gasteiger charge is 2.64. The quantitative estimate of drug-likeness (QED) is 0.200. The summed E-state index contributed by atoms with van der Waals surface area (Å²) in [6.45, 7) is 2.06. The molecule has 19 heavy (non-hydrogen) atoms. The minimum absolute atomic E-state index is 0.118. The van der Waals surface area contributed by atoms with E-state index in [1.807, 2.05) is 0 Å². The van der Waals surface area contributed by atoms with Crippen LogP contribution in [-0.4, -0.2) is 24.6 Å². The Morgan fingerprint density at radius 2 is 1.16 bits per heavy atom. The fourth-order valence-corrected chi connectivity index (χ4v) is 7.19. The van der Waals surface area contributed by atoms with Crippen LogP contribution in [0.5, 0.6) is 0 Å². The molecule has 0 heterocycles. The van der Waals surface area contributed by atoms with Crippen LogP contribution >= 0.6 is 127 Å². The summed E-state index contributed by atoms with van der Waals surface area (Å²) in [7, 11) is 0. The summed E-state index contributed by atoms with van der Waals surface area (Å²) in [6, 6.07) is 0. The van der Waals surface area contributed by atoms with Gasteiger partial charge in [0.2, 0.25) is 0 Å². The molecule has 0 aromatic carbocycles. The molecular weight excluding hydrogens is 775 g/mol. The van der Waals surface area contributed by atoms with Crippen LogP contribution in [0.25, 0.3) is 0 Å². The molecule has 0 aliphatic carbocycles. The van der Waals surface area contributed by atoms with E-state index in [1.54, 1.807) is 0 Å². The molecule has 0 aliphatic heterocycles. The lowest BCUT2D eigenvalue weighted by Crippen LogP contribution is -2.56. The number of rotatable bonds is 8. The molecule has 1 N–H and O–H groups in total. The molecule has 0 saturated heterocycles. The van der Waals surface area contributed by atoms with E-state index in [2.05, 4.69) is 134 Å². The molecule has 0 atom stereocenters. The molecule has 9 heteroatoms. The molecule has 1 nitrogen and oxygen atoms in total. The molecule has 0 bridgehead atoms. The van der Waals surface area contributed by atoms with Gasteiger partial charge in [-0.15, -0.1) is 0 Å². The summed E-state index contributed by atoms with van der Waals surface area (Å²) in [5.41, 5.74) is 0. The van der Waals surface area contributed by atoms with Gasteiger partial charge in [-0.2, -0.15) is 0 Å². The van der Waals surface area contributed by atoms with E-state index in [4.69, 9.17) is 0 Å². The topological polar surface area (TPSA) is 20.2 Å². The van der Waals surface area contributed by atoms with Crippen molar-refractivity contribution < 1.29 is 5.11 Å². The van der Waals surface area contributed by atoms with Gasteiger partial charge in [0.1, 0.15) is 12.9 Å². The Labute approximate surface area is 182 Å². The monoisotopic (exact) mass is 781 g/mol. The van der Waals surface area contributed by atoms with Crippen molar-refractivity contribution in [2.24, 2.45) is 0 Å². The first kappa shape index (κ1) is 22.8. The van der Waals surface area contributed by atoms with Crippen molar-refractivity contribution in [3.05, 3.63) is 0 Å². The summed E-state index contributed by atoms with van der Waals surface area (Å²) in [4.78, 5) is 0. The van der Waals surface area contributed by atoms with Crippen LogP contribution in [0.2, 0.25) is 0 Å². The van der Waals surface area contributed by atoms with E-state index >= 15 is 0 Å². The normalized spacial score (nSPS) is 14.8. The average Bonchev–Trinajstić information content (AvgIpc) is 2.28. The summed E-state index contributed by atoms with van der Waals surface area (Å²) in [6.07, 6.45) is 4.32. The Bertz CT molecular complexity index is 289. The Morgan fingerprint density at radius 1 is 0.737 bits per heavy atom. The Hall–Kier alpha value is 3.80. The van der Waals surface area contributed by atoms with Crippen molar-refractivity contribution in [3.8, 4) is 0 Å². The second-order valence-corrected chi connectivity index (χ2v) is 18.6. The van der Waals surface area contributed by atoms with E-state index in [0.717, 1.165) is 12.8 Å². The van der Waals surface area contributed by atoms with Crippen molar-refractivity contribution >= 4 is 127 Å². The highest BCUT2D eigenvalue weighted by atomic mass is 79.9. The highest BCUT2D eigenvalue weighted by molar-refractivity contribution is 9.34. The summed E-state index contributed by atoms with van der Waals surface area (Å²) < 4.78 is -2.55. The fourth-order valence-electron chi connectivity index (χ4n) is 1.31. The zero-order valence-electron chi connectivity index (χ0n) is 10.0. The lowest BCUT2D eigenvalue weighted by Gasteiger charge is -2.48. The molecule has 0 aliphatic rings. The number of halogens is 8. The van der Waals surface area contributed by atoms with E-state index in [-0.39, 0.29) is 6.61 Å². The van der Waals surface area contributed by atoms with Crippen LogP contribution in [-0.2, 0) is 0 Å². The van der Waals surface area contributed by atoms with Crippen LogP contribution in [0.15, 0.2) is 0 Å². The van der Waals surface area contributed by atoms with Gasteiger partial charge in [-0.1, -0.05) is 154 Å². The molecular formula is C10H14Br8O. The fraction of sp³-hybridized carbons (Fsp3) is 1.00. The maximum atomic E-state index is 9.55. The standard InChI is InChI=1S/C10H14Br8O/c1-2-3-4-5-7(11,12)9(15,16)10(17,18)8(13,14)6-19/h19H,2-6H2,1H3. The van der Waals surface area contributed by atoms with Gasteiger partial charge in [-0.3, -0.25) is 0 Å². The third kappa shape index (κ3) is 5.40. The molecule has 0 fully saturated rings. The minimum atomic E-state index is -0.766. The van der Waals surface area contributed by atoms with Crippen LogP contribution in [0.3, 0.4) is 0 Å². The second kappa shape index (κ2) is 8.77. The van der Waals surface area contributed by atoms with Crippen LogP contribution in [0.1, 0.15) is 32.6 Å². The van der Waals surface area contributed by atoms with Gasteiger partial charge < -0.3 is 5.11 Å². The third-order valence-electron chi connectivity index (χ3n) is 2.61. The van der Waals surface area contributed by atoms with Crippen LogP contribution < -0.4 is 0 Å². The molecule has 0 unspecified atom stereocenters. The largest absolute Gasteiger partial charge is 0.394 e. The van der Waals surface area contributed by atoms with Crippen molar-refractivity contribution in [3.63, 3.8) is 0 Å². The van der Waals surface area contributed by atoms with E-state index in [9.17, 15) is 5.11 Å². The zero-order chi connectivity index (χ0) is 15.5. The third-order valence-corrected chi connectivity index (χ3v) is 17.8. The molecule has 0 spiro atoms. The number of alkyl halides is 8. The number of aliphatic hydroxyl groups excluding tert-OH is 1. The predicted octanol–water partition coefficient (Wildman–Crippen LogP) is 7.50. The number of aliphatic hydroxyl groups is 1. The van der Waals surface area contributed by atoms with Gasteiger partial charge in [-0.05, 0) is 6.42 Å². The first-order valence-corrected chi connectivity index (χ1v) is 11.8. The van der Waals surface area contributed by atoms with Crippen molar-refractivity contribution in [2.75, 3.05) is 6.61 Å². The highest BCUT2D eigenvalue weighted by Crippen LogP contribution is 2.67. The summed E-state index contributed by atoms with van der Waals surface area (Å²) in [5.74, 6) is 0. The van der Waals surface area contributed by atoms with Gasteiger partial charge >= 0.3 is 0 Å². The van der Waals surface area contributed by atoms with E-state index in [0.29, 0.717) is 0 Å². The molecule has 0 amide bonds. The van der Waals surface area contributed by atoms with Gasteiger partial charge in [0.15, 0.2) is 0 Å². The SMILES string of the molecule is CCCCCC(Br)(Br)C(Br)(Br)C(Br)(Br)C(Br)(Br)CO. The minimum Gasteiger partial charge on any atom is -0.394 e. The first-order valence-electron chi connectivity index (χ1n) is 5.49. The maximum absolute atomic E-state index is 9.55. The number of hydrogen-bond donors (Lipinski definition) is 1. The molecule has 0 rings (SSSR count).